The van der Waals surface area contributed by atoms with Crippen molar-refractivity contribution < 1.29 is 8.42 Å². The van der Waals surface area contributed by atoms with Gasteiger partial charge in [0, 0.05) is 55.4 Å². The van der Waals surface area contributed by atoms with Crippen molar-refractivity contribution in [2.75, 3.05) is 37.7 Å². The Morgan fingerprint density at radius 2 is 1.85 bits per heavy atom. The van der Waals surface area contributed by atoms with Gasteiger partial charge >= 0.3 is 0 Å². The Labute approximate surface area is 162 Å². The first-order valence-electron chi connectivity index (χ1n) is 9.80. The molecule has 0 bridgehead atoms. The van der Waals surface area contributed by atoms with E-state index in [1.54, 1.807) is 0 Å². The smallest absolute Gasteiger partial charge is 0.153 e. The molecule has 0 saturated carbocycles. The fraction of sp³-hybridized carbons (Fsp3) is 0.524. The van der Waals surface area contributed by atoms with E-state index in [1.165, 1.54) is 22.0 Å². The number of allylic oxidation sites excluding steroid dienone is 1. The molecule has 1 aromatic carbocycles. The van der Waals surface area contributed by atoms with Crippen molar-refractivity contribution in [3.05, 3.63) is 47.7 Å². The molecule has 0 unspecified atom stereocenters. The summed E-state index contributed by atoms with van der Waals surface area (Å²) in [5.41, 5.74) is 3.77. The van der Waals surface area contributed by atoms with Crippen LogP contribution < -0.4 is 0 Å². The molecule has 2 atom stereocenters. The Kier molecular flexibility index (Phi) is 5.14. The van der Waals surface area contributed by atoms with Crippen LogP contribution in [0.15, 0.2) is 42.1 Å². The third-order valence-electron chi connectivity index (χ3n) is 5.98. The lowest BCUT2D eigenvalue weighted by Gasteiger charge is -2.43. The van der Waals surface area contributed by atoms with Crippen molar-refractivity contribution in [3.63, 3.8) is 0 Å². The molecule has 3 heterocycles. The molecule has 2 saturated heterocycles. The van der Waals surface area contributed by atoms with Gasteiger partial charge in [-0.3, -0.25) is 9.80 Å². The zero-order valence-electron chi connectivity index (χ0n) is 16.2. The van der Waals surface area contributed by atoms with Crippen molar-refractivity contribution in [1.29, 1.82) is 0 Å². The molecule has 0 radical (unpaired) electrons. The van der Waals surface area contributed by atoms with Gasteiger partial charge in [-0.05, 0) is 31.9 Å². The summed E-state index contributed by atoms with van der Waals surface area (Å²) in [5.74, 6) is 0.606. The average molecular weight is 388 g/mol. The van der Waals surface area contributed by atoms with E-state index in [4.69, 9.17) is 0 Å². The summed E-state index contributed by atoms with van der Waals surface area (Å²) >= 11 is 0. The van der Waals surface area contributed by atoms with Gasteiger partial charge in [-0.15, -0.1) is 0 Å². The third kappa shape index (κ3) is 3.98. The van der Waals surface area contributed by atoms with Crippen LogP contribution in [0.3, 0.4) is 0 Å². The maximum Gasteiger partial charge on any atom is 0.153 e. The van der Waals surface area contributed by atoms with Gasteiger partial charge in [0.15, 0.2) is 9.84 Å². The number of aromatic amines is 1. The van der Waals surface area contributed by atoms with Crippen molar-refractivity contribution in [2.24, 2.45) is 0 Å². The van der Waals surface area contributed by atoms with E-state index in [0.29, 0.717) is 11.5 Å². The lowest BCUT2D eigenvalue weighted by atomic mass is 10.0. The highest BCUT2D eigenvalue weighted by Gasteiger charge is 2.45. The lowest BCUT2D eigenvalue weighted by Crippen LogP contribution is -2.59. The van der Waals surface area contributed by atoms with Crippen molar-refractivity contribution in [3.8, 4) is 0 Å². The Morgan fingerprint density at radius 1 is 1.15 bits per heavy atom. The highest BCUT2D eigenvalue weighted by molar-refractivity contribution is 7.91. The summed E-state index contributed by atoms with van der Waals surface area (Å²) < 4.78 is 24.7. The standard InChI is InChI=1S/C21H29N3O2S/c1-16(2)7-9-23-11-12-24(21-15-27(25,26)14-20(21)23)10-8-17-13-22-19-6-4-3-5-18(17)19/h3-7,13,20-22H,8-12,14-15H2,1-2H3/t20-,21+/m0/s1. The van der Waals surface area contributed by atoms with E-state index < -0.39 is 9.84 Å². The van der Waals surface area contributed by atoms with Crippen molar-refractivity contribution in [1.82, 2.24) is 14.8 Å². The highest BCUT2D eigenvalue weighted by atomic mass is 32.2. The number of H-pyrrole nitrogens is 1. The van der Waals surface area contributed by atoms with Gasteiger partial charge in [0.25, 0.3) is 0 Å². The summed E-state index contributed by atoms with van der Waals surface area (Å²) in [7, 11) is -2.95. The van der Waals surface area contributed by atoms with Gasteiger partial charge in [0.2, 0.25) is 0 Å². The van der Waals surface area contributed by atoms with Crippen molar-refractivity contribution >= 4 is 20.7 Å². The SMILES string of the molecule is CC(C)=CCN1CCN(CCc2c[nH]c3ccccc23)[C@@H]2CS(=O)(=O)C[C@@H]21. The predicted molar refractivity (Wildman–Crippen MR) is 111 cm³/mol. The Balaban J connectivity index is 1.48. The van der Waals surface area contributed by atoms with Gasteiger partial charge in [-0.25, -0.2) is 8.42 Å². The largest absolute Gasteiger partial charge is 0.361 e. The van der Waals surface area contributed by atoms with E-state index in [-0.39, 0.29) is 12.1 Å². The minimum absolute atomic E-state index is 0.125. The molecule has 2 aliphatic rings. The van der Waals surface area contributed by atoms with Crippen LogP contribution in [0.25, 0.3) is 10.9 Å². The topological polar surface area (TPSA) is 56.4 Å². The molecule has 27 heavy (non-hydrogen) atoms. The number of hydrogen-bond donors (Lipinski definition) is 1. The Bertz CT molecular complexity index is 943. The second kappa shape index (κ2) is 7.41. The number of benzene rings is 1. The predicted octanol–water partition coefficient (Wildman–Crippen LogP) is 2.46. The van der Waals surface area contributed by atoms with Crippen LogP contribution in [-0.4, -0.2) is 73.0 Å². The van der Waals surface area contributed by atoms with Gasteiger partial charge in [0.05, 0.1) is 11.5 Å². The van der Waals surface area contributed by atoms with Gasteiger partial charge < -0.3 is 4.98 Å². The van der Waals surface area contributed by atoms with Gasteiger partial charge in [-0.1, -0.05) is 29.8 Å². The molecular weight excluding hydrogens is 358 g/mol. The number of fused-ring (bicyclic) bond motifs is 2. The monoisotopic (exact) mass is 387 g/mol. The number of piperazine rings is 1. The summed E-state index contributed by atoms with van der Waals surface area (Å²) in [6.07, 6.45) is 5.25. The maximum atomic E-state index is 12.4. The number of hydrogen-bond acceptors (Lipinski definition) is 4. The minimum atomic E-state index is -2.95. The lowest BCUT2D eigenvalue weighted by molar-refractivity contribution is 0.0539. The number of nitrogens with zero attached hydrogens (tertiary/aromatic N) is 2. The molecule has 2 aliphatic heterocycles. The van der Waals surface area contributed by atoms with E-state index >= 15 is 0 Å². The van der Waals surface area contributed by atoms with Crippen LogP contribution in [0.5, 0.6) is 0 Å². The minimum Gasteiger partial charge on any atom is -0.361 e. The zero-order valence-corrected chi connectivity index (χ0v) is 17.0. The molecule has 146 valence electrons. The first-order valence-corrected chi connectivity index (χ1v) is 11.6. The van der Waals surface area contributed by atoms with Crippen LogP contribution in [0.2, 0.25) is 0 Å². The molecule has 6 heteroatoms. The second-order valence-corrected chi connectivity index (χ2v) is 10.3. The molecule has 0 spiro atoms. The molecule has 2 aromatic rings. The normalized spacial score (nSPS) is 25.6. The fourth-order valence-electron chi connectivity index (χ4n) is 4.50. The summed E-state index contributed by atoms with van der Waals surface area (Å²) in [6.45, 7) is 7.84. The van der Waals surface area contributed by atoms with Gasteiger partial charge in [0.1, 0.15) is 0 Å². The third-order valence-corrected chi connectivity index (χ3v) is 7.68. The number of nitrogens with one attached hydrogen (secondary N) is 1. The number of sulfone groups is 1. The van der Waals surface area contributed by atoms with Crippen LogP contribution in [0.1, 0.15) is 19.4 Å². The van der Waals surface area contributed by atoms with E-state index in [2.05, 4.69) is 59.1 Å². The molecule has 5 nitrogen and oxygen atoms in total. The average Bonchev–Trinajstić information content (AvgIpc) is 3.18. The van der Waals surface area contributed by atoms with Crippen molar-refractivity contribution in [2.45, 2.75) is 32.4 Å². The van der Waals surface area contributed by atoms with Gasteiger partial charge in [-0.2, -0.15) is 0 Å². The molecular formula is C21H29N3O2S. The first kappa shape index (κ1) is 18.7. The molecule has 2 fully saturated rings. The zero-order chi connectivity index (χ0) is 19.0. The van der Waals surface area contributed by atoms with E-state index in [0.717, 1.165) is 32.6 Å². The molecule has 1 N–H and O–H groups in total. The quantitative estimate of drug-likeness (QED) is 0.801. The van der Waals surface area contributed by atoms with Crippen LogP contribution in [0, 0.1) is 0 Å². The molecule has 0 aliphatic carbocycles. The van der Waals surface area contributed by atoms with Crippen LogP contribution in [-0.2, 0) is 16.3 Å². The number of aromatic nitrogens is 1. The first-order chi connectivity index (χ1) is 12.9. The summed E-state index contributed by atoms with van der Waals surface area (Å²) in [6, 6.07) is 8.62. The molecule has 4 rings (SSSR count). The highest BCUT2D eigenvalue weighted by Crippen LogP contribution is 2.28. The number of rotatable bonds is 5. The Morgan fingerprint density at radius 3 is 2.63 bits per heavy atom. The number of para-hydroxylation sites is 1. The second-order valence-electron chi connectivity index (χ2n) is 8.13. The fourth-order valence-corrected chi connectivity index (χ4v) is 6.55. The Hall–Kier alpha value is -1.63. The molecule has 0 amide bonds. The van der Waals surface area contributed by atoms with Crippen LogP contribution in [0.4, 0.5) is 0 Å². The van der Waals surface area contributed by atoms with E-state index in [1.807, 2.05) is 6.07 Å². The summed E-state index contributed by atoms with van der Waals surface area (Å²) in [4.78, 5) is 8.12. The van der Waals surface area contributed by atoms with Crippen LogP contribution >= 0.6 is 0 Å². The van der Waals surface area contributed by atoms with E-state index in [9.17, 15) is 8.42 Å². The maximum absolute atomic E-state index is 12.4. The summed E-state index contributed by atoms with van der Waals surface area (Å²) in [5, 5.41) is 1.27. The molecule has 1 aromatic heterocycles.